The van der Waals surface area contributed by atoms with E-state index in [1.165, 1.54) is 10.5 Å². The number of hydrogen-bond donors (Lipinski definition) is 1. The Hall–Kier alpha value is -2.88. The molecule has 3 atom stereocenters. The van der Waals surface area contributed by atoms with Crippen molar-refractivity contribution in [1.29, 1.82) is 0 Å². The molecular formula is C23H22N2O2. The van der Waals surface area contributed by atoms with Crippen molar-refractivity contribution in [2.75, 3.05) is 4.90 Å². The SMILES string of the molecule is C[C@@H]1c2c([nH]c3ccccc23)[C@@H]2C(=O)N(c3ccccc3)C(=O)[C@@H]2C1(C)C. The third-order valence-corrected chi connectivity index (χ3v) is 6.76. The number of carbonyl (C=O) groups is 2. The van der Waals surface area contributed by atoms with E-state index in [1.807, 2.05) is 48.5 Å². The zero-order chi connectivity index (χ0) is 18.9. The molecule has 27 heavy (non-hydrogen) atoms. The molecule has 3 aromatic rings. The molecule has 0 spiro atoms. The van der Waals surface area contributed by atoms with Crippen molar-refractivity contribution in [3.05, 3.63) is 65.9 Å². The van der Waals surface area contributed by atoms with Crippen LogP contribution < -0.4 is 4.90 Å². The normalized spacial score (nSPS) is 26.3. The van der Waals surface area contributed by atoms with Crippen LogP contribution in [-0.2, 0) is 9.59 Å². The number of benzene rings is 2. The number of anilines is 1. The van der Waals surface area contributed by atoms with Crippen LogP contribution in [0.15, 0.2) is 54.6 Å². The second-order valence-electron chi connectivity index (χ2n) is 8.34. The minimum atomic E-state index is -0.452. The predicted octanol–water partition coefficient (Wildman–Crippen LogP) is 4.58. The quantitative estimate of drug-likeness (QED) is 0.647. The monoisotopic (exact) mass is 358 g/mol. The van der Waals surface area contributed by atoms with Crippen LogP contribution in [0.2, 0.25) is 0 Å². The minimum Gasteiger partial charge on any atom is -0.357 e. The van der Waals surface area contributed by atoms with E-state index in [0.717, 1.165) is 16.6 Å². The lowest BCUT2D eigenvalue weighted by Crippen LogP contribution is -2.41. The van der Waals surface area contributed by atoms with E-state index in [9.17, 15) is 9.59 Å². The third-order valence-electron chi connectivity index (χ3n) is 6.76. The van der Waals surface area contributed by atoms with Crippen LogP contribution in [0.5, 0.6) is 0 Å². The summed E-state index contributed by atoms with van der Waals surface area (Å²) in [6.45, 7) is 6.43. The molecule has 4 nitrogen and oxygen atoms in total. The lowest BCUT2D eigenvalue weighted by atomic mass is 9.58. The van der Waals surface area contributed by atoms with Gasteiger partial charge in [-0.15, -0.1) is 0 Å². The van der Waals surface area contributed by atoms with Crippen molar-refractivity contribution < 1.29 is 9.59 Å². The number of H-pyrrole nitrogens is 1. The number of rotatable bonds is 1. The van der Waals surface area contributed by atoms with Gasteiger partial charge in [0.05, 0.1) is 17.5 Å². The molecule has 5 rings (SSSR count). The number of hydrogen-bond acceptors (Lipinski definition) is 2. The van der Waals surface area contributed by atoms with Gasteiger partial charge in [0.25, 0.3) is 0 Å². The van der Waals surface area contributed by atoms with Crippen LogP contribution >= 0.6 is 0 Å². The fourth-order valence-corrected chi connectivity index (χ4v) is 5.08. The van der Waals surface area contributed by atoms with Gasteiger partial charge in [0.15, 0.2) is 0 Å². The Balaban J connectivity index is 1.76. The van der Waals surface area contributed by atoms with Crippen molar-refractivity contribution in [2.45, 2.75) is 32.6 Å². The number of imide groups is 1. The maximum absolute atomic E-state index is 13.5. The number of aromatic nitrogens is 1. The van der Waals surface area contributed by atoms with Gasteiger partial charge < -0.3 is 4.98 Å². The average molecular weight is 358 g/mol. The molecule has 1 aromatic heterocycles. The van der Waals surface area contributed by atoms with Gasteiger partial charge in [-0.3, -0.25) is 9.59 Å². The summed E-state index contributed by atoms with van der Waals surface area (Å²) < 4.78 is 0. The standard InChI is InChI=1S/C23H22N2O2/c1-13-17-15-11-7-8-12-16(15)24-20(17)18-19(23(13,2)3)22(27)25(21(18)26)14-9-5-4-6-10-14/h4-13,18-19,24H,1-3H3/t13-,18-,19-/m1/s1. The molecule has 1 aliphatic carbocycles. The number of nitrogens with zero attached hydrogens (tertiary/aromatic N) is 1. The van der Waals surface area contributed by atoms with E-state index in [0.29, 0.717) is 5.69 Å². The number of carbonyl (C=O) groups excluding carboxylic acids is 2. The van der Waals surface area contributed by atoms with E-state index in [4.69, 9.17) is 0 Å². The number of fused-ring (bicyclic) bond motifs is 5. The second-order valence-corrected chi connectivity index (χ2v) is 8.34. The summed E-state index contributed by atoms with van der Waals surface area (Å²) in [5.41, 5.74) is 3.48. The first-order valence-electron chi connectivity index (χ1n) is 9.46. The van der Waals surface area contributed by atoms with Crippen molar-refractivity contribution in [3.63, 3.8) is 0 Å². The molecule has 2 aromatic carbocycles. The molecule has 4 heteroatoms. The van der Waals surface area contributed by atoms with Crippen molar-refractivity contribution >= 4 is 28.4 Å². The van der Waals surface area contributed by atoms with Gasteiger partial charge in [-0.1, -0.05) is 57.2 Å². The van der Waals surface area contributed by atoms with Crippen LogP contribution in [0.1, 0.15) is 43.9 Å². The third kappa shape index (κ3) is 1.98. The van der Waals surface area contributed by atoms with E-state index in [-0.39, 0.29) is 29.1 Å². The first-order valence-corrected chi connectivity index (χ1v) is 9.46. The molecule has 1 N–H and O–H groups in total. The van der Waals surface area contributed by atoms with Gasteiger partial charge in [-0.2, -0.15) is 0 Å². The van der Waals surface area contributed by atoms with Crippen LogP contribution in [0.25, 0.3) is 10.9 Å². The van der Waals surface area contributed by atoms with Gasteiger partial charge in [-0.25, -0.2) is 4.90 Å². The minimum absolute atomic E-state index is 0.0858. The molecule has 2 heterocycles. The highest BCUT2D eigenvalue weighted by Gasteiger charge is 2.60. The summed E-state index contributed by atoms with van der Waals surface area (Å²) in [6.07, 6.45) is 0. The summed E-state index contributed by atoms with van der Waals surface area (Å²) in [5.74, 6) is -0.856. The van der Waals surface area contributed by atoms with Crippen molar-refractivity contribution in [3.8, 4) is 0 Å². The number of nitrogens with one attached hydrogen (secondary N) is 1. The molecule has 2 aliphatic rings. The van der Waals surface area contributed by atoms with E-state index >= 15 is 0 Å². The highest BCUT2D eigenvalue weighted by molar-refractivity contribution is 6.24. The van der Waals surface area contributed by atoms with E-state index in [2.05, 4.69) is 31.8 Å². The predicted molar refractivity (Wildman–Crippen MR) is 106 cm³/mol. The van der Waals surface area contributed by atoms with Gasteiger partial charge in [0.2, 0.25) is 11.8 Å². The van der Waals surface area contributed by atoms with Crippen molar-refractivity contribution in [2.24, 2.45) is 11.3 Å². The van der Waals surface area contributed by atoms with Crippen LogP contribution in [0.4, 0.5) is 5.69 Å². The number of aromatic amines is 1. The lowest BCUT2D eigenvalue weighted by molar-refractivity contribution is -0.124. The molecule has 1 saturated heterocycles. The van der Waals surface area contributed by atoms with Gasteiger partial charge in [0.1, 0.15) is 0 Å². The Labute approximate surface area is 158 Å². The first-order chi connectivity index (χ1) is 12.9. The molecule has 1 aliphatic heterocycles. The smallest absolute Gasteiger partial charge is 0.243 e. The topological polar surface area (TPSA) is 53.2 Å². The lowest BCUT2D eigenvalue weighted by Gasteiger charge is -2.43. The Kier molecular flexibility index (Phi) is 3.21. The zero-order valence-corrected chi connectivity index (χ0v) is 15.7. The highest BCUT2D eigenvalue weighted by atomic mass is 16.2. The molecule has 2 amide bonds. The highest BCUT2D eigenvalue weighted by Crippen LogP contribution is 2.58. The Morgan fingerprint density at radius 3 is 2.33 bits per heavy atom. The van der Waals surface area contributed by atoms with Crippen LogP contribution in [0.3, 0.4) is 0 Å². The molecule has 136 valence electrons. The van der Waals surface area contributed by atoms with Gasteiger partial charge >= 0.3 is 0 Å². The molecule has 0 unspecified atom stereocenters. The van der Waals surface area contributed by atoms with Crippen LogP contribution in [-0.4, -0.2) is 16.8 Å². The maximum atomic E-state index is 13.5. The number of para-hydroxylation sites is 2. The molecule has 1 fully saturated rings. The van der Waals surface area contributed by atoms with E-state index < -0.39 is 5.92 Å². The molecule has 0 radical (unpaired) electrons. The summed E-state index contributed by atoms with van der Waals surface area (Å²) in [7, 11) is 0. The Morgan fingerprint density at radius 2 is 1.59 bits per heavy atom. The number of amides is 2. The van der Waals surface area contributed by atoms with Crippen LogP contribution in [0, 0.1) is 11.3 Å². The summed E-state index contributed by atoms with van der Waals surface area (Å²) in [5, 5.41) is 1.16. The summed E-state index contributed by atoms with van der Waals surface area (Å²) in [6, 6.07) is 17.4. The molecule has 0 saturated carbocycles. The van der Waals surface area contributed by atoms with Crippen molar-refractivity contribution in [1.82, 2.24) is 4.98 Å². The Bertz CT molecular complexity index is 1080. The first kappa shape index (κ1) is 16.3. The molecule has 0 bridgehead atoms. The largest absolute Gasteiger partial charge is 0.357 e. The average Bonchev–Trinajstić information content (AvgIpc) is 3.16. The molecular weight excluding hydrogens is 336 g/mol. The van der Waals surface area contributed by atoms with E-state index in [1.54, 1.807) is 0 Å². The fourth-order valence-electron chi connectivity index (χ4n) is 5.08. The fraction of sp³-hybridized carbons (Fsp3) is 0.304. The second kappa shape index (κ2) is 5.32. The Morgan fingerprint density at radius 1 is 0.926 bits per heavy atom. The van der Waals surface area contributed by atoms with Gasteiger partial charge in [0, 0.05) is 16.6 Å². The zero-order valence-electron chi connectivity index (χ0n) is 15.7. The summed E-state index contributed by atoms with van der Waals surface area (Å²) >= 11 is 0. The maximum Gasteiger partial charge on any atom is 0.243 e. The summed E-state index contributed by atoms with van der Waals surface area (Å²) in [4.78, 5) is 31.8. The van der Waals surface area contributed by atoms with Gasteiger partial charge in [-0.05, 0) is 35.1 Å².